The van der Waals surface area contributed by atoms with Gasteiger partial charge in [0.15, 0.2) is 5.41 Å². The van der Waals surface area contributed by atoms with E-state index in [1.807, 2.05) is 13.8 Å². The van der Waals surface area contributed by atoms with Crippen molar-refractivity contribution in [3.05, 3.63) is 0 Å². The average Bonchev–Trinajstić information content (AvgIpc) is 2.89. The summed E-state index contributed by atoms with van der Waals surface area (Å²) in [5, 5.41) is 0. The van der Waals surface area contributed by atoms with E-state index >= 15 is 0 Å². The Morgan fingerprint density at radius 3 is 2.10 bits per heavy atom. The molecular weight excluding hydrogens is 260 g/mol. The van der Waals surface area contributed by atoms with Gasteiger partial charge in [0, 0.05) is 0 Å². The van der Waals surface area contributed by atoms with Crippen molar-refractivity contribution in [3.63, 3.8) is 0 Å². The Balaban J connectivity index is 2.27. The van der Waals surface area contributed by atoms with Gasteiger partial charge < -0.3 is 14.2 Å². The van der Waals surface area contributed by atoms with Crippen molar-refractivity contribution in [2.24, 2.45) is 17.3 Å². The molecule has 0 aromatic rings. The van der Waals surface area contributed by atoms with E-state index < -0.39 is 17.4 Å². The number of carbonyl (C=O) groups is 2. The zero-order chi connectivity index (χ0) is 15.0. The molecule has 0 radical (unpaired) electrons. The lowest BCUT2D eigenvalue weighted by Gasteiger charge is -2.29. The molecule has 1 saturated carbocycles. The lowest BCUT2D eigenvalue weighted by atomic mass is 9.82. The molecule has 0 bridgehead atoms. The van der Waals surface area contributed by atoms with Crippen LogP contribution in [-0.4, -0.2) is 37.4 Å². The third-order valence-corrected chi connectivity index (χ3v) is 4.64. The highest BCUT2D eigenvalue weighted by molar-refractivity contribution is 6.00. The van der Waals surface area contributed by atoms with E-state index in [-0.39, 0.29) is 30.7 Å². The Labute approximate surface area is 120 Å². The van der Waals surface area contributed by atoms with E-state index in [0.29, 0.717) is 19.4 Å². The molecule has 0 aromatic heterocycles. The van der Waals surface area contributed by atoms with Crippen LogP contribution in [0.25, 0.3) is 0 Å². The molecule has 1 heterocycles. The van der Waals surface area contributed by atoms with Crippen molar-refractivity contribution < 1.29 is 23.8 Å². The first-order chi connectivity index (χ1) is 9.37. The molecule has 1 aliphatic heterocycles. The number of esters is 2. The summed E-state index contributed by atoms with van der Waals surface area (Å²) in [6.45, 7) is 8.68. The van der Waals surface area contributed by atoms with Gasteiger partial charge in [-0.1, -0.05) is 0 Å². The standard InChI is InChI=1S/C15H24O5/c1-5-18-12(16)15(13(17)19-6-2)7-10-9-20-14(3,4)11(10)8-15/h10-11H,5-9H2,1-4H3/t10-,11-/m1/s1. The van der Waals surface area contributed by atoms with Crippen molar-refractivity contribution in [2.75, 3.05) is 19.8 Å². The summed E-state index contributed by atoms with van der Waals surface area (Å²) in [5.41, 5.74) is -1.44. The Morgan fingerprint density at radius 1 is 1.10 bits per heavy atom. The van der Waals surface area contributed by atoms with E-state index in [1.165, 1.54) is 0 Å². The summed E-state index contributed by atoms with van der Waals surface area (Å²) in [4.78, 5) is 24.7. The first-order valence-corrected chi connectivity index (χ1v) is 7.35. The van der Waals surface area contributed by atoms with Crippen molar-refractivity contribution in [3.8, 4) is 0 Å². The minimum Gasteiger partial charge on any atom is -0.465 e. The molecule has 1 aliphatic carbocycles. The molecule has 2 aliphatic rings. The highest BCUT2D eigenvalue weighted by Crippen LogP contribution is 2.55. The topological polar surface area (TPSA) is 61.8 Å². The molecule has 0 amide bonds. The summed E-state index contributed by atoms with van der Waals surface area (Å²) in [5.74, 6) is -0.470. The number of fused-ring (bicyclic) bond motifs is 1. The minimum absolute atomic E-state index is 0.191. The van der Waals surface area contributed by atoms with Gasteiger partial charge in [-0.05, 0) is 52.4 Å². The molecule has 0 spiro atoms. The Bertz CT molecular complexity index is 383. The van der Waals surface area contributed by atoms with Crippen LogP contribution in [0, 0.1) is 17.3 Å². The second-order valence-corrected chi connectivity index (χ2v) is 6.21. The zero-order valence-corrected chi connectivity index (χ0v) is 12.7. The van der Waals surface area contributed by atoms with E-state index in [9.17, 15) is 9.59 Å². The normalized spacial score (nSPS) is 29.8. The third kappa shape index (κ3) is 2.32. The van der Waals surface area contributed by atoms with Gasteiger partial charge >= 0.3 is 11.9 Å². The first kappa shape index (κ1) is 15.3. The van der Waals surface area contributed by atoms with Crippen LogP contribution in [0.3, 0.4) is 0 Å². The average molecular weight is 284 g/mol. The van der Waals surface area contributed by atoms with Crippen LogP contribution in [0.2, 0.25) is 0 Å². The summed E-state index contributed by atoms with van der Waals surface area (Å²) in [7, 11) is 0. The largest absolute Gasteiger partial charge is 0.465 e. The van der Waals surface area contributed by atoms with Crippen LogP contribution in [-0.2, 0) is 23.8 Å². The third-order valence-electron chi connectivity index (χ3n) is 4.64. The summed E-state index contributed by atoms with van der Waals surface area (Å²) < 4.78 is 16.1. The highest BCUT2D eigenvalue weighted by Gasteiger charge is 2.62. The van der Waals surface area contributed by atoms with Crippen molar-refractivity contribution >= 4 is 11.9 Å². The molecule has 1 saturated heterocycles. The minimum atomic E-state index is -1.14. The Morgan fingerprint density at radius 2 is 1.65 bits per heavy atom. The molecule has 0 unspecified atom stereocenters. The molecule has 114 valence electrons. The van der Waals surface area contributed by atoms with E-state index in [2.05, 4.69) is 0 Å². The molecule has 0 N–H and O–H groups in total. The SMILES string of the molecule is CCOC(=O)C1(C(=O)OCC)C[C@@H]2COC(C)(C)[C@@H]2C1. The molecule has 20 heavy (non-hydrogen) atoms. The quantitative estimate of drug-likeness (QED) is 0.583. The van der Waals surface area contributed by atoms with Gasteiger partial charge in [0.25, 0.3) is 0 Å². The lowest BCUT2D eigenvalue weighted by molar-refractivity contribution is -0.173. The molecule has 2 fully saturated rings. The van der Waals surface area contributed by atoms with Gasteiger partial charge in [-0.3, -0.25) is 9.59 Å². The van der Waals surface area contributed by atoms with Crippen LogP contribution < -0.4 is 0 Å². The van der Waals surface area contributed by atoms with E-state index in [0.717, 1.165) is 0 Å². The molecule has 0 aromatic carbocycles. The fourth-order valence-corrected chi connectivity index (χ4v) is 3.59. The summed E-state index contributed by atoms with van der Waals surface area (Å²) >= 11 is 0. The van der Waals surface area contributed by atoms with Gasteiger partial charge in [0.05, 0.1) is 25.4 Å². The Kier molecular flexibility index (Phi) is 4.09. The summed E-state index contributed by atoms with van der Waals surface area (Å²) in [6, 6.07) is 0. The first-order valence-electron chi connectivity index (χ1n) is 7.35. The van der Waals surface area contributed by atoms with Crippen molar-refractivity contribution in [2.45, 2.75) is 46.1 Å². The van der Waals surface area contributed by atoms with E-state index in [1.54, 1.807) is 13.8 Å². The van der Waals surface area contributed by atoms with Crippen LogP contribution >= 0.6 is 0 Å². The monoisotopic (exact) mass is 284 g/mol. The van der Waals surface area contributed by atoms with Gasteiger partial charge in [-0.25, -0.2) is 0 Å². The lowest BCUT2D eigenvalue weighted by Crippen LogP contribution is -2.42. The molecule has 2 rings (SSSR count). The van der Waals surface area contributed by atoms with Crippen LogP contribution in [0.5, 0.6) is 0 Å². The second-order valence-electron chi connectivity index (χ2n) is 6.21. The predicted molar refractivity (Wildman–Crippen MR) is 71.9 cm³/mol. The van der Waals surface area contributed by atoms with Crippen molar-refractivity contribution in [1.29, 1.82) is 0 Å². The maximum Gasteiger partial charge on any atom is 0.323 e. The smallest absolute Gasteiger partial charge is 0.323 e. The fourth-order valence-electron chi connectivity index (χ4n) is 3.59. The highest BCUT2D eigenvalue weighted by atomic mass is 16.6. The summed E-state index contributed by atoms with van der Waals surface area (Å²) in [6.07, 6.45) is 0.932. The van der Waals surface area contributed by atoms with Crippen LogP contribution in [0.4, 0.5) is 0 Å². The maximum absolute atomic E-state index is 12.4. The number of ether oxygens (including phenoxy) is 3. The van der Waals surface area contributed by atoms with Crippen molar-refractivity contribution in [1.82, 2.24) is 0 Å². The predicted octanol–water partition coefficient (Wildman–Crippen LogP) is 1.93. The zero-order valence-electron chi connectivity index (χ0n) is 12.7. The van der Waals surface area contributed by atoms with Crippen LogP contribution in [0.1, 0.15) is 40.5 Å². The molecular formula is C15H24O5. The number of rotatable bonds is 4. The second kappa shape index (κ2) is 5.35. The number of hydrogen-bond acceptors (Lipinski definition) is 5. The van der Waals surface area contributed by atoms with Gasteiger partial charge in [0.1, 0.15) is 0 Å². The van der Waals surface area contributed by atoms with Gasteiger partial charge in [-0.2, -0.15) is 0 Å². The van der Waals surface area contributed by atoms with E-state index in [4.69, 9.17) is 14.2 Å². The fraction of sp³-hybridized carbons (Fsp3) is 0.867. The molecule has 2 atom stereocenters. The van der Waals surface area contributed by atoms with Gasteiger partial charge in [-0.15, -0.1) is 0 Å². The maximum atomic E-state index is 12.4. The van der Waals surface area contributed by atoms with Crippen LogP contribution in [0.15, 0.2) is 0 Å². The molecule has 5 heteroatoms. The Hall–Kier alpha value is -1.10. The molecule has 5 nitrogen and oxygen atoms in total. The number of hydrogen-bond donors (Lipinski definition) is 0. The van der Waals surface area contributed by atoms with Gasteiger partial charge in [0.2, 0.25) is 0 Å². The number of carbonyl (C=O) groups excluding carboxylic acids is 2.